The minimum absolute atomic E-state index is 0.0960. The number of hydrogen-bond acceptors (Lipinski definition) is 5. The van der Waals surface area contributed by atoms with Crippen molar-refractivity contribution < 1.29 is 9.18 Å². The first kappa shape index (κ1) is 19.8. The molecule has 1 aliphatic rings. The van der Waals surface area contributed by atoms with E-state index in [4.69, 9.17) is 4.98 Å². The number of halogens is 1. The van der Waals surface area contributed by atoms with Crippen LogP contribution in [0.3, 0.4) is 0 Å². The highest BCUT2D eigenvalue weighted by Crippen LogP contribution is 2.32. The lowest BCUT2D eigenvalue weighted by molar-refractivity contribution is 0.0943. The van der Waals surface area contributed by atoms with Crippen LogP contribution in [-0.2, 0) is 0 Å². The normalized spacial score (nSPS) is 15.1. The van der Waals surface area contributed by atoms with Gasteiger partial charge in [-0.3, -0.25) is 9.69 Å². The number of rotatable bonds is 5. The summed E-state index contributed by atoms with van der Waals surface area (Å²) < 4.78 is 14.9. The largest absolute Gasteiger partial charge is 0.351 e. The number of thiazole rings is 1. The molecule has 1 amide bonds. The van der Waals surface area contributed by atoms with Gasteiger partial charge in [-0.05, 0) is 43.2 Å². The summed E-state index contributed by atoms with van der Waals surface area (Å²) in [5, 5.41) is 3.90. The van der Waals surface area contributed by atoms with Crippen molar-refractivity contribution >= 4 is 32.6 Å². The van der Waals surface area contributed by atoms with Crippen LogP contribution in [0, 0.1) is 19.7 Å². The van der Waals surface area contributed by atoms with Crippen LogP contribution in [0.5, 0.6) is 0 Å². The SMILES string of the molecule is Cc1ccc2sc(N3CCN(CCNC(=O)c4ccccc4F)CC3)nc2c1C. The fourth-order valence-electron chi connectivity index (χ4n) is 3.58. The summed E-state index contributed by atoms with van der Waals surface area (Å²) >= 11 is 1.75. The first-order valence-electron chi connectivity index (χ1n) is 9.89. The first-order valence-corrected chi connectivity index (χ1v) is 10.7. The van der Waals surface area contributed by atoms with E-state index in [-0.39, 0.29) is 11.5 Å². The van der Waals surface area contributed by atoms with Gasteiger partial charge >= 0.3 is 0 Å². The van der Waals surface area contributed by atoms with Crippen LogP contribution in [0.4, 0.5) is 9.52 Å². The number of nitrogens with one attached hydrogen (secondary N) is 1. The molecule has 0 spiro atoms. The number of nitrogens with zero attached hydrogens (tertiary/aromatic N) is 3. The maximum Gasteiger partial charge on any atom is 0.254 e. The molecule has 152 valence electrons. The number of anilines is 1. The summed E-state index contributed by atoms with van der Waals surface area (Å²) in [6.45, 7) is 9.19. The molecule has 29 heavy (non-hydrogen) atoms. The molecule has 0 bridgehead atoms. The molecule has 0 atom stereocenters. The highest BCUT2D eigenvalue weighted by atomic mass is 32.1. The number of hydrogen-bond donors (Lipinski definition) is 1. The lowest BCUT2D eigenvalue weighted by atomic mass is 10.1. The van der Waals surface area contributed by atoms with Crippen LogP contribution >= 0.6 is 11.3 Å². The number of fused-ring (bicyclic) bond motifs is 1. The van der Waals surface area contributed by atoms with Gasteiger partial charge in [0.15, 0.2) is 5.13 Å². The van der Waals surface area contributed by atoms with Gasteiger partial charge in [0, 0.05) is 39.3 Å². The molecule has 2 aromatic carbocycles. The fraction of sp³-hybridized carbons (Fsp3) is 0.364. The summed E-state index contributed by atoms with van der Waals surface area (Å²) in [6, 6.07) is 10.4. The second kappa shape index (κ2) is 8.47. The molecule has 0 radical (unpaired) electrons. The van der Waals surface area contributed by atoms with Crippen molar-refractivity contribution in [3.63, 3.8) is 0 Å². The van der Waals surface area contributed by atoms with Gasteiger partial charge < -0.3 is 10.2 Å². The van der Waals surface area contributed by atoms with E-state index in [1.54, 1.807) is 23.5 Å². The van der Waals surface area contributed by atoms with E-state index in [1.165, 1.54) is 28.0 Å². The molecule has 1 aromatic heterocycles. The molecule has 4 rings (SSSR count). The smallest absolute Gasteiger partial charge is 0.254 e. The van der Waals surface area contributed by atoms with Crippen molar-refractivity contribution in [2.24, 2.45) is 0 Å². The van der Waals surface area contributed by atoms with Gasteiger partial charge in [0.2, 0.25) is 0 Å². The minimum atomic E-state index is -0.486. The molecule has 1 fully saturated rings. The van der Waals surface area contributed by atoms with Crippen LogP contribution in [0.2, 0.25) is 0 Å². The van der Waals surface area contributed by atoms with Crippen molar-refractivity contribution in [3.05, 3.63) is 58.9 Å². The van der Waals surface area contributed by atoms with Gasteiger partial charge in [0.25, 0.3) is 5.91 Å². The van der Waals surface area contributed by atoms with E-state index >= 15 is 0 Å². The average molecular weight is 413 g/mol. The quantitative estimate of drug-likeness (QED) is 0.696. The number of aryl methyl sites for hydroxylation is 2. The zero-order valence-electron chi connectivity index (χ0n) is 16.7. The van der Waals surface area contributed by atoms with E-state index < -0.39 is 5.82 Å². The number of benzene rings is 2. The maximum atomic E-state index is 13.7. The molecular weight excluding hydrogens is 387 g/mol. The van der Waals surface area contributed by atoms with Crippen LogP contribution in [0.25, 0.3) is 10.2 Å². The Morgan fingerprint density at radius 1 is 1.14 bits per heavy atom. The van der Waals surface area contributed by atoms with Crippen LogP contribution in [0.1, 0.15) is 21.5 Å². The van der Waals surface area contributed by atoms with E-state index in [1.807, 2.05) is 0 Å². The van der Waals surface area contributed by atoms with Gasteiger partial charge in [-0.2, -0.15) is 0 Å². The third-order valence-electron chi connectivity index (χ3n) is 5.55. The summed E-state index contributed by atoms with van der Waals surface area (Å²) in [7, 11) is 0. The molecule has 1 N–H and O–H groups in total. The van der Waals surface area contributed by atoms with Crippen molar-refractivity contribution in [3.8, 4) is 0 Å². The predicted molar refractivity (Wildman–Crippen MR) is 116 cm³/mol. The van der Waals surface area contributed by atoms with Gasteiger partial charge in [-0.15, -0.1) is 0 Å². The molecule has 7 heteroatoms. The molecule has 2 heterocycles. The van der Waals surface area contributed by atoms with Crippen LogP contribution < -0.4 is 10.2 Å². The van der Waals surface area contributed by atoms with Crippen molar-refractivity contribution in [1.82, 2.24) is 15.2 Å². The summed E-state index contributed by atoms with van der Waals surface area (Å²) in [5.74, 6) is -0.846. The second-order valence-corrected chi connectivity index (χ2v) is 8.42. The van der Waals surface area contributed by atoms with Crippen LogP contribution in [0.15, 0.2) is 36.4 Å². The number of aromatic nitrogens is 1. The predicted octanol–water partition coefficient (Wildman–Crippen LogP) is 3.60. The highest BCUT2D eigenvalue weighted by Gasteiger charge is 2.20. The Labute approximate surface area is 174 Å². The standard InChI is InChI=1S/C22H25FN4OS/c1-15-7-8-19-20(16(15)2)25-22(29-19)27-13-11-26(12-14-27)10-9-24-21(28)17-5-3-4-6-18(17)23/h3-8H,9-14H2,1-2H3,(H,24,28). The number of carbonyl (C=O) groups excluding carboxylic acids is 1. The Morgan fingerprint density at radius 2 is 1.90 bits per heavy atom. The zero-order chi connectivity index (χ0) is 20.4. The molecular formula is C22H25FN4OS. The maximum absolute atomic E-state index is 13.7. The topological polar surface area (TPSA) is 48.5 Å². The van der Waals surface area contributed by atoms with E-state index in [9.17, 15) is 9.18 Å². The fourth-order valence-corrected chi connectivity index (χ4v) is 4.66. The summed E-state index contributed by atoms with van der Waals surface area (Å²) in [6.07, 6.45) is 0. The van der Waals surface area contributed by atoms with Gasteiger partial charge in [-0.25, -0.2) is 9.37 Å². The lowest BCUT2D eigenvalue weighted by Crippen LogP contribution is -2.48. The van der Waals surface area contributed by atoms with E-state index in [0.29, 0.717) is 6.54 Å². The second-order valence-electron chi connectivity index (χ2n) is 7.42. The molecule has 1 saturated heterocycles. The zero-order valence-corrected chi connectivity index (χ0v) is 17.6. The van der Waals surface area contributed by atoms with Crippen molar-refractivity contribution in [2.75, 3.05) is 44.2 Å². The van der Waals surface area contributed by atoms with Gasteiger partial charge in [0.1, 0.15) is 5.82 Å². The van der Waals surface area contributed by atoms with E-state index in [0.717, 1.165) is 43.4 Å². The third kappa shape index (κ3) is 4.26. The summed E-state index contributed by atoms with van der Waals surface area (Å²) in [4.78, 5) is 21.6. The third-order valence-corrected chi connectivity index (χ3v) is 6.63. The molecule has 5 nitrogen and oxygen atoms in total. The number of carbonyl (C=O) groups is 1. The van der Waals surface area contributed by atoms with Gasteiger partial charge in [-0.1, -0.05) is 29.5 Å². The molecule has 0 unspecified atom stereocenters. The number of piperazine rings is 1. The van der Waals surface area contributed by atoms with Gasteiger partial charge in [0.05, 0.1) is 15.8 Å². The molecule has 0 saturated carbocycles. The van der Waals surface area contributed by atoms with E-state index in [2.05, 4.69) is 41.1 Å². The van der Waals surface area contributed by atoms with Crippen molar-refractivity contribution in [1.29, 1.82) is 0 Å². The lowest BCUT2D eigenvalue weighted by Gasteiger charge is -2.34. The Balaban J connectivity index is 1.28. The molecule has 3 aromatic rings. The Bertz CT molecular complexity index is 1030. The van der Waals surface area contributed by atoms with Crippen LogP contribution in [-0.4, -0.2) is 55.1 Å². The average Bonchev–Trinajstić information content (AvgIpc) is 3.17. The Hall–Kier alpha value is -2.51. The van der Waals surface area contributed by atoms with Crippen molar-refractivity contribution in [2.45, 2.75) is 13.8 Å². The molecule has 0 aliphatic carbocycles. The number of amides is 1. The minimum Gasteiger partial charge on any atom is -0.351 e. The molecule has 1 aliphatic heterocycles. The summed E-state index contributed by atoms with van der Waals surface area (Å²) in [5.41, 5.74) is 3.74. The highest BCUT2D eigenvalue weighted by molar-refractivity contribution is 7.22. The Kier molecular flexibility index (Phi) is 5.78. The monoisotopic (exact) mass is 412 g/mol. The Morgan fingerprint density at radius 3 is 2.66 bits per heavy atom. The first-order chi connectivity index (χ1) is 14.0.